The highest BCUT2D eigenvalue weighted by atomic mass is 35.5. The number of likely N-dealkylation sites (N-methyl/N-ethyl adjacent to an activating group) is 1. The van der Waals surface area contributed by atoms with E-state index >= 15 is 0 Å². The highest BCUT2D eigenvalue weighted by Crippen LogP contribution is 2.39. The number of para-hydroxylation sites is 1. The fourth-order valence-corrected chi connectivity index (χ4v) is 6.64. The van der Waals surface area contributed by atoms with Crippen molar-refractivity contribution in [2.75, 3.05) is 33.3 Å². The maximum absolute atomic E-state index is 14.3. The molecule has 1 aliphatic carbocycles. The number of fused-ring (bicyclic) bond motifs is 2. The van der Waals surface area contributed by atoms with Crippen molar-refractivity contribution >= 4 is 42.5 Å². The summed E-state index contributed by atoms with van der Waals surface area (Å²) >= 11 is 0. The molecule has 0 aromatic heterocycles. The average Bonchev–Trinajstić information content (AvgIpc) is 3.33. The lowest BCUT2D eigenvalue weighted by Gasteiger charge is -2.45. The third-order valence-electron chi connectivity index (χ3n) is 9.18. The second-order valence-electron chi connectivity index (χ2n) is 11.9. The molecule has 4 aliphatic rings. The van der Waals surface area contributed by atoms with Crippen LogP contribution in [0.2, 0.25) is 0 Å². The summed E-state index contributed by atoms with van der Waals surface area (Å²) in [5.41, 5.74) is 0.865. The molecule has 0 bridgehead atoms. The van der Waals surface area contributed by atoms with Crippen LogP contribution >= 0.6 is 24.8 Å². The zero-order chi connectivity index (χ0) is 29.3. The molecule has 0 radical (unpaired) electrons. The maximum atomic E-state index is 14.3. The number of carbonyl (C=O) groups excluding carboxylic acids is 3. The van der Waals surface area contributed by atoms with Crippen molar-refractivity contribution in [3.8, 4) is 5.75 Å². The quantitative estimate of drug-likeness (QED) is 0.357. The van der Waals surface area contributed by atoms with Crippen LogP contribution in [0.5, 0.6) is 5.75 Å². The van der Waals surface area contributed by atoms with Crippen molar-refractivity contribution in [3.63, 3.8) is 0 Å². The number of hydrogen-bond donors (Lipinski definition) is 4. The molecule has 6 atom stereocenters. The number of nitrogens with zero attached hydrogens (tertiary/aromatic N) is 2. The van der Waals surface area contributed by atoms with E-state index in [2.05, 4.69) is 16.0 Å². The molecule has 3 amide bonds. The highest BCUT2D eigenvalue weighted by molar-refractivity contribution is 5.93. The normalized spacial score (nSPS) is 28.1. The van der Waals surface area contributed by atoms with Gasteiger partial charge in [0.2, 0.25) is 23.6 Å². The molecule has 0 spiro atoms. The molecule has 1 aromatic carbocycles. The van der Waals surface area contributed by atoms with Crippen LogP contribution in [0.4, 0.5) is 8.78 Å². The molecule has 10 nitrogen and oxygen atoms in total. The first-order chi connectivity index (χ1) is 19.6. The van der Waals surface area contributed by atoms with Gasteiger partial charge >= 0.3 is 0 Å². The number of piperazine rings is 1. The lowest BCUT2D eigenvalue weighted by atomic mass is 9.81. The average molecular weight is 651 g/mol. The fraction of sp³-hybridized carbons (Fsp3) is 0.690. The van der Waals surface area contributed by atoms with Gasteiger partial charge in [-0.1, -0.05) is 18.2 Å². The van der Waals surface area contributed by atoms with Crippen LogP contribution < -0.4 is 20.7 Å². The zero-order valence-corrected chi connectivity index (χ0v) is 26.1. The number of aliphatic hydroxyl groups excluding tert-OH is 1. The van der Waals surface area contributed by atoms with Crippen LogP contribution in [0, 0.1) is 5.92 Å². The summed E-state index contributed by atoms with van der Waals surface area (Å²) in [5, 5.41) is 19.2. The van der Waals surface area contributed by atoms with Gasteiger partial charge in [-0.2, -0.15) is 0 Å². The lowest BCUT2D eigenvalue weighted by Crippen LogP contribution is -2.66. The number of carbonyl (C=O) groups is 3. The van der Waals surface area contributed by atoms with Gasteiger partial charge in [0, 0.05) is 50.5 Å². The maximum Gasteiger partial charge on any atom is 0.248 e. The van der Waals surface area contributed by atoms with Gasteiger partial charge in [-0.3, -0.25) is 19.3 Å². The third-order valence-corrected chi connectivity index (χ3v) is 9.18. The molecule has 1 saturated carbocycles. The Labute approximate surface area is 263 Å². The minimum Gasteiger partial charge on any atom is -0.493 e. The molecule has 1 aromatic rings. The monoisotopic (exact) mass is 649 g/mol. The van der Waals surface area contributed by atoms with Crippen molar-refractivity contribution in [1.29, 1.82) is 0 Å². The Bertz CT molecular complexity index is 1140. The number of nitrogens with one attached hydrogen (secondary N) is 3. The van der Waals surface area contributed by atoms with Gasteiger partial charge in [-0.05, 0) is 45.2 Å². The number of amides is 3. The highest BCUT2D eigenvalue weighted by Gasteiger charge is 2.48. The summed E-state index contributed by atoms with van der Waals surface area (Å²) in [7, 11) is 1.63. The summed E-state index contributed by atoms with van der Waals surface area (Å²) < 4.78 is 33.8. The van der Waals surface area contributed by atoms with Gasteiger partial charge in [0.05, 0.1) is 24.8 Å². The summed E-state index contributed by atoms with van der Waals surface area (Å²) in [6.45, 7) is 2.95. The fourth-order valence-electron chi connectivity index (χ4n) is 6.64. The summed E-state index contributed by atoms with van der Waals surface area (Å²) in [6.07, 6.45) is -0.0393. The van der Waals surface area contributed by atoms with Gasteiger partial charge in [-0.15, -0.1) is 24.8 Å². The number of alkyl halides is 2. The molecule has 2 saturated heterocycles. The number of halogens is 4. The number of hydrogen-bond acceptors (Lipinski definition) is 7. The van der Waals surface area contributed by atoms with E-state index < -0.39 is 47.9 Å². The minimum atomic E-state index is -2.79. The van der Waals surface area contributed by atoms with Crippen LogP contribution in [0.3, 0.4) is 0 Å². The smallest absolute Gasteiger partial charge is 0.248 e. The molecular formula is C29H43Cl2F2N5O5. The predicted molar refractivity (Wildman–Crippen MR) is 161 cm³/mol. The second kappa shape index (κ2) is 14.7. The molecular weight excluding hydrogens is 607 g/mol. The van der Waals surface area contributed by atoms with E-state index in [0.717, 1.165) is 5.56 Å². The molecule has 14 heteroatoms. The Morgan fingerprint density at radius 2 is 1.77 bits per heavy atom. The topological polar surface area (TPSA) is 123 Å². The Morgan fingerprint density at radius 1 is 1.07 bits per heavy atom. The Morgan fingerprint density at radius 3 is 2.47 bits per heavy atom. The first-order valence-corrected chi connectivity index (χ1v) is 14.7. The van der Waals surface area contributed by atoms with Crippen LogP contribution in [0.1, 0.15) is 57.1 Å². The molecule has 4 N–H and O–H groups in total. The summed E-state index contributed by atoms with van der Waals surface area (Å²) in [6, 6.07) is 4.59. The van der Waals surface area contributed by atoms with Gasteiger partial charge in [-0.25, -0.2) is 8.78 Å². The standard InChI is InChI=1S/C29H41F2N5O5.2ClH/c1-17(32-2)26(38)34-25(18-7-10-29(30,31)11-8-18)28(40)36-14-19-13-20(37)15-35(19)16-23(36)27(39)33-22-9-12-41-24-6-4-3-5-21(22)24;;/h3-6,17-20,22-23,25,32,37H,7-16H2,1-2H3,(H,33,39)(H,34,38);2*1H/t17-,19+,20?,22+,23?,25-;;/m0../s1. The van der Waals surface area contributed by atoms with E-state index in [1.165, 1.54) is 4.90 Å². The number of aliphatic hydroxyl groups is 1. The summed E-state index contributed by atoms with van der Waals surface area (Å²) in [4.78, 5) is 44.7. The molecule has 3 fully saturated rings. The third kappa shape index (κ3) is 7.89. The molecule has 2 unspecified atom stereocenters. The van der Waals surface area contributed by atoms with Gasteiger partial charge in [0.1, 0.15) is 17.8 Å². The van der Waals surface area contributed by atoms with Crippen molar-refractivity contribution in [1.82, 2.24) is 25.8 Å². The minimum absolute atomic E-state index is 0. The first-order valence-electron chi connectivity index (χ1n) is 14.7. The number of benzene rings is 1. The zero-order valence-electron chi connectivity index (χ0n) is 24.5. The van der Waals surface area contributed by atoms with Crippen LogP contribution in [0.15, 0.2) is 24.3 Å². The molecule has 43 heavy (non-hydrogen) atoms. The Balaban J connectivity index is 0.00000253. The van der Waals surface area contributed by atoms with E-state index in [-0.39, 0.29) is 81.6 Å². The van der Waals surface area contributed by atoms with E-state index in [1.54, 1.807) is 14.0 Å². The predicted octanol–water partition coefficient (Wildman–Crippen LogP) is 2.03. The Kier molecular flexibility index (Phi) is 12.0. The van der Waals surface area contributed by atoms with E-state index in [0.29, 0.717) is 31.7 Å². The van der Waals surface area contributed by atoms with Gasteiger partial charge in [0.15, 0.2) is 0 Å². The number of rotatable bonds is 7. The van der Waals surface area contributed by atoms with Crippen LogP contribution in [-0.4, -0.2) is 102 Å². The largest absolute Gasteiger partial charge is 0.493 e. The van der Waals surface area contributed by atoms with Crippen molar-refractivity contribution < 1.29 is 33.0 Å². The number of ether oxygens (including phenoxy) is 1. The van der Waals surface area contributed by atoms with Gasteiger partial charge in [0.25, 0.3) is 0 Å². The Hall–Kier alpha value is -2.25. The summed E-state index contributed by atoms with van der Waals surface area (Å²) in [5.74, 6) is -3.74. The van der Waals surface area contributed by atoms with E-state index in [9.17, 15) is 28.3 Å². The molecule has 5 rings (SSSR count). The van der Waals surface area contributed by atoms with Crippen LogP contribution in [-0.2, 0) is 14.4 Å². The molecule has 3 heterocycles. The lowest BCUT2D eigenvalue weighted by molar-refractivity contribution is -0.150. The first kappa shape index (κ1) is 35.2. The van der Waals surface area contributed by atoms with Crippen LogP contribution in [0.25, 0.3) is 0 Å². The van der Waals surface area contributed by atoms with E-state index in [4.69, 9.17) is 4.74 Å². The molecule has 3 aliphatic heterocycles. The second-order valence-corrected chi connectivity index (χ2v) is 11.9. The van der Waals surface area contributed by atoms with Crippen molar-refractivity contribution in [2.45, 2.75) is 87.7 Å². The van der Waals surface area contributed by atoms with Crippen molar-refractivity contribution in [2.24, 2.45) is 5.92 Å². The SMILES string of the molecule is CN[C@@H](C)C(=O)N[C@H](C(=O)N1C[C@H]2CC(O)CN2CC1C(=O)N[C@@H]1CCOc2ccccc21)C1CCC(F)(F)CC1.Cl.Cl. The molecule has 242 valence electrons. The van der Waals surface area contributed by atoms with E-state index in [1.807, 2.05) is 29.2 Å². The van der Waals surface area contributed by atoms with Crippen molar-refractivity contribution in [3.05, 3.63) is 29.8 Å². The van der Waals surface area contributed by atoms with Gasteiger partial charge < -0.3 is 30.7 Å².